The molecule has 3 aliphatic carbocycles. The first kappa shape index (κ1) is 16.6. The summed E-state index contributed by atoms with van der Waals surface area (Å²) in [5.74, 6) is 1.54. The molecule has 3 saturated carbocycles. The fourth-order valence-electron chi connectivity index (χ4n) is 5.21. The highest BCUT2D eigenvalue weighted by molar-refractivity contribution is 6.45. The van der Waals surface area contributed by atoms with Gasteiger partial charge in [0.1, 0.15) is 0 Å². The summed E-state index contributed by atoms with van der Waals surface area (Å²) < 4.78 is 12.7. The Kier molecular flexibility index (Phi) is 4.76. The van der Waals surface area contributed by atoms with Gasteiger partial charge in [-0.2, -0.15) is 0 Å². The Morgan fingerprint density at radius 2 is 1.82 bits per heavy atom. The second kappa shape index (κ2) is 6.32. The van der Waals surface area contributed by atoms with Crippen LogP contribution < -0.4 is 0 Å². The van der Waals surface area contributed by atoms with Gasteiger partial charge in [-0.3, -0.25) is 0 Å². The van der Waals surface area contributed by atoms with Gasteiger partial charge in [0.25, 0.3) is 0 Å². The molecular formula is C19H33BO2. The minimum Gasteiger partial charge on any atom is -0.405 e. The second-order valence-electron chi connectivity index (χ2n) is 8.53. The van der Waals surface area contributed by atoms with Crippen LogP contribution in [-0.4, -0.2) is 18.8 Å². The maximum Gasteiger partial charge on any atom is 0.457 e. The molecule has 2 bridgehead atoms. The molecule has 0 aromatic rings. The maximum atomic E-state index is 6.45. The first-order valence-corrected chi connectivity index (χ1v) is 9.42. The Balaban J connectivity index is 1.40. The van der Waals surface area contributed by atoms with E-state index < -0.39 is 0 Å². The van der Waals surface area contributed by atoms with E-state index in [1.165, 1.54) is 44.9 Å². The van der Waals surface area contributed by atoms with Crippen LogP contribution in [0.1, 0.15) is 72.1 Å². The van der Waals surface area contributed by atoms with Crippen molar-refractivity contribution in [2.45, 2.75) is 90.2 Å². The van der Waals surface area contributed by atoms with Crippen molar-refractivity contribution in [2.24, 2.45) is 17.3 Å². The molecular weight excluding hydrogens is 271 g/mol. The van der Waals surface area contributed by atoms with Crippen molar-refractivity contribution >= 4 is 7.12 Å². The van der Waals surface area contributed by atoms with E-state index in [4.69, 9.17) is 9.31 Å². The van der Waals surface area contributed by atoms with Gasteiger partial charge < -0.3 is 9.31 Å². The van der Waals surface area contributed by atoms with Gasteiger partial charge in [-0.15, -0.1) is 6.58 Å². The molecule has 4 atom stereocenters. The summed E-state index contributed by atoms with van der Waals surface area (Å²) in [7, 11) is 0.0540. The normalized spacial score (nSPS) is 38.5. The van der Waals surface area contributed by atoms with Crippen molar-refractivity contribution in [3.8, 4) is 0 Å². The molecule has 0 aromatic heterocycles. The smallest absolute Gasteiger partial charge is 0.405 e. The Hall–Kier alpha value is -0.275. The van der Waals surface area contributed by atoms with E-state index >= 15 is 0 Å². The van der Waals surface area contributed by atoms with Crippen LogP contribution in [0.3, 0.4) is 0 Å². The molecule has 1 aliphatic heterocycles. The van der Waals surface area contributed by atoms with Crippen molar-refractivity contribution in [2.75, 3.05) is 0 Å². The predicted octanol–water partition coefficient (Wildman–Crippen LogP) is 5.24. The molecule has 4 rings (SSSR count). The van der Waals surface area contributed by atoms with Crippen molar-refractivity contribution in [3.63, 3.8) is 0 Å². The highest BCUT2D eigenvalue weighted by Gasteiger charge is 2.67. The number of rotatable bonds is 8. The molecule has 0 N–H and O–H groups in total. The highest BCUT2D eigenvalue weighted by atomic mass is 16.7. The van der Waals surface area contributed by atoms with Crippen LogP contribution in [0, 0.1) is 17.3 Å². The lowest BCUT2D eigenvalue weighted by Gasteiger charge is -2.64. The molecule has 3 heteroatoms. The van der Waals surface area contributed by atoms with Crippen LogP contribution in [0.25, 0.3) is 0 Å². The molecule has 1 saturated heterocycles. The van der Waals surface area contributed by atoms with Crippen LogP contribution in [-0.2, 0) is 9.31 Å². The van der Waals surface area contributed by atoms with Crippen LogP contribution in [0.2, 0.25) is 6.32 Å². The first-order chi connectivity index (χ1) is 10.5. The predicted molar refractivity (Wildman–Crippen MR) is 92.8 cm³/mol. The van der Waals surface area contributed by atoms with Gasteiger partial charge in [0, 0.05) is 0 Å². The molecule has 4 fully saturated rings. The van der Waals surface area contributed by atoms with E-state index in [1.807, 2.05) is 6.08 Å². The van der Waals surface area contributed by atoms with E-state index in [1.54, 1.807) is 0 Å². The van der Waals surface area contributed by atoms with E-state index in [9.17, 15) is 0 Å². The van der Waals surface area contributed by atoms with Gasteiger partial charge in [0.2, 0.25) is 0 Å². The van der Waals surface area contributed by atoms with Gasteiger partial charge in [-0.25, -0.2) is 0 Å². The van der Waals surface area contributed by atoms with E-state index in [0.717, 1.165) is 18.7 Å². The Labute approximate surface area is 137 Å². The molecule has 124 valence electrons. The van der Waals surface area contributed by atoms with E-state index in [-0.39, 0.29) is 12.7 Å². The lowest BCUT2D eigenvalue weighted by Crippen LogP contribution is -2.65. The average Bonchev–Trinajstić information content (AvgIpc) is 2.81. The molecule has 22 heavy (non-hydrogen) atoms. The summed E-state index contributed by atoms with van der Waals surface area (Å²) in [6.07, 6.45) is 13.7. The van der Waals surface area contributed by atoms with E-state index in [2.05, 4.69) is 27.4 Å². The molecule has 0 amide bonds. The molecule has 1 heterocycles. The van der Waals surface area contributed by atoms with Crippen LogP contribution >= 0.6 is 0 Å². The van der Waals surface area contributed by atoms with Crippen molar-refractivity contribution < 1.29 is 9.31 Å². The monoisotopic (exact) mass is 304 g/mol. The summed E-state index contributed by atoms with van der Waals surface area (Å²) in [4.78, 5) is 0. The van der Waals surface area contributed by atoms with Crippen molar-refractivity contribution in [3.05, 3.63) is 12.7 Å². The van der Waals surface area contributed by atoms with Gasteiger partial charge in [0.05, 0.1) is 11.7 Å². The van der Waals surface area contributed by atoms with Gasteiger partial charge >= 0.3 is 7.12 Å². The zero-order chi connectivity index (χ0) is 15.8. The Morgan fingerprint density at radius 3 is 2.55 bits per heavy atom. The third-order valence-electron chi connectivity index (χ3n) is 6.85. The Morgan fingerprint density at radius 1 is 1.09 bits per heavy atom. The van der Waals surface area contributed by atoms with Crippen LogP contribution in [0.15, 0.2) is 12.7 Å². The third kappa shape index (κ3) is 2.80. The van der Waals surface area contributed by atoms with Gasteiger partial charge in [0.15, 0.2) is 0 Å². The molecule has 4 unspecified atom stereocenters. The van der Waals surface area contributed by atoms with Crippen LogP contribution in [0.4, 0.5) is 0 Å². The molecule has 0 radical (unpaired) electrons. The minimum absolute atomic E-state index is 0.0210. The maximum absolute atomic E-state index is 6.45. The highest BCUT2D eigenvalue weighted by Crippen LogP contribution is 2.65. The molecule has 0 aromatic carbocycles. The zero-order valence-corrected chi connectivity index (χ0v) is 14.8. The summed E-state index contributed by atoms with van der Waals surface area (Å²) in [6.45, 7) is 10.9. The number of unbranched alkanes of at least 4 members (excludes halogenated alkanes) is 5. The molecule has 2 nitrogen and oxygen atoms in total. The number of allylic oxidation sites excluding steroid dienone is 1. The second-order valence-corrected chi connectivity index (χ2v) is 8.53. The SMILES string of the molecule is C=CCCCCCCCB1OC2CC3CC(C3(C)C)C2(C)O1. The lowest BCUT2D eigenvalue weighted by atomic mass is 9.43. The summed E-state index contributed by atoms with van der Waals surface area (Å²) >= 11 is 0. The zero-order valence-electron chi connectivity index (χ0n) is 14.8. The molecule has 4 aliphatic rings. The first-order valence-electron chi connectivity index (χ1n) is 9.42. The standard InChI is InChI=1S/C19H33BO2/c1-5-6-7-8-9-10-11-12-20-21-17-14-15-13-16(18(15,2)3)19(17,4)22-20/h5,15-17H,1,6-14H2,2-4H3. The molecule has 0 spiro atoms. The van der Waals surface area contributed by atoms with E-state index in [0.29, 0.717) is 17.4 Å². The summed E-state index contributed by atoms with van der Waals surface area (Å²) in [5, 5.41) is 0. The topological polar surface area (TPSA) is 18.5 Å². The van der Waals surface area contributed by atoms with Crippen molar-refractivity contribution in [1.29, 1.82) is 0 Å². The summed E-state index contributed by atoms with van der Waals surface area (Å²) in [5.41, 5.74) is 0.432. The van der Waals surface area contributed by atoms with Crippen LogP contribution in [0.5, 0.6) is 0 Å². The average molecular weight is 304 g/mol. The fourth-order valence-corrected chi connectivity index (χ4v) is 5.21. The fraction of sp³-hybridized carbons (Fsp3) is 0.895. The van der Waals surface area contributed by atoms with Crippen molar-refractivity contribution in [1.82, 2.24) is 0 Å². The minimum atomic E-state index is -0.0210. The number of hydrogen-bond donors (Lipinski definition) is 0. The Bertz CT molecular complexity index is 408. The van der Waals surface area contributed by atoms with Gasteiger partial charge in [-0.05, 0) is 56.2 Å². The van der Waals surface area contributed by atoms with Gasteiger partial charge in [-0.1, -0.05) is 45.6 Å². The quantitative estimate of drug-likeness (QED) is 0.347. The third-order valence-corrected chi connectivity index (χ3v) is 6.85. The number of hydrogen-bond acceptors (Lipinski definition) is 2. The largest absolute Gasteiger partial charge is 0.457 e. The summed E-state index contributed by atoms with van der Waals surface area (Å²) in [6, 6.07) is 0. The lowest BCUT2D eigenvalue weighted by molar-refractivity contribution is -0.199.